The number of carbonyl (C=O) groups is 1. The minimum atomic E-state index is -0.237. The lowest BCUT2D eigenvalue weighted by molar-refractivity contribution is -0.132. The smallest absolute Gasteiger partial charge is 0.223 e. The van der Waals surface area contributed by atoms with Crippen molar-refractivity contribution in [2.45, 2.75) is 57.7 Å². The number of nitrogens with zero attached hydrogens (tertiary/aromatic N) is 4. The van der Waals surface area contributed by atoms with E-state index >= 15 is 0 Å². The lowest BCUT2D eigenvalue weighted by Crippen LogP contribution is -2.45. The first kappa shape index (κ1) is 20.2. The predicted octanol–water partition coefficient (Wildman–Crippen LogP) is 4.33. The van der Waals surface area contributed by atoms with Gasteiger partial charge in [-0.05, 0) is 69.0 Å². The van der Waals surface area contributed by atoms with Gasteiger partial charge in [-0.1, -0.05) is 18.2 Å². The SMILES string of the molecule is Cc1c(CN2CCC[C@@]3(CCC(=O)N3Cc3ccc(F)cc3)CC2)nc2ccccn12. The molecule has 1 spiro atoms. The van der Waals surface area contributed by atoms with Gasteiger partial charge in [-0.2, -0.15) is 0 Å². The lowest BCUT2D eigenvalue weighted by Gasteiger charge is -2.38. The third kappa shape index (κ3) is 3.85. The summed E-state index contributed by atoms with van der Waals surface area (Å²) in [6.45, 7) is 5.53. The van der Waals surface area contributed by atoms with E-state index in [0.29, 0.717) is 13.0 Å². The molecule has 0 unspecified atom stereocenters. The molecule has 5 rings (SSSR count). The van der Waals surface area contributed by atoms with E-state index in [1.165, 1.54) is 17.8 Å². The molecule has 3 aromatic rings. The van der Waals surface area contributed by atoms with Gasteiger partial charge in [0.05, 0.1) is 5.69 Å². The van der Waals surface area contributed by atoms with Crippen LogP contribution in [0.25, 0.3) is 5.65 Å². The zero-order valence-electron chi connectivity index (χ0n) is 18.1. The van der Waals surface area contributed by atoms with Gasteiger partial charge in [0.1, 0.15) is 11.5 Å². The summed E-state index contributed by atoms with van der Waals surface area (Å²) in [5.41, 5.74) is 4.25. The molecule has 1 amide bonds. The Hall–Kier alpha value is -2.73. The number of imidazole rings is 1. The first-order chi connectivity index (χ1) is 15.0. The van der Waals surface area contributed by atoms with Crippen LogP contribution in [-0.4, -0.2) is 43.7 Å². The highest BCUT2D eigenvalue weighted by Crippen LogP contribution is 2.40. The first-order valence-corrected chi connectivity index (χ1v) is 11.2. The van der Waals surface area contributed by atoms with Crippen LogP contribution >= 0.6 is 0 Å². The van der Waals surface area contributed by atoms with Crippen LogP contribution in [0.15, 0.2) is 48.7 Å². The molecule has 1 aromatic carbocycles. The summed E-state index contributed by atoms with van der Waals surface area (Å²) < 4.78 is 15.5. The number of rotatable bonds is 4. The Balaban J connectivity index is 1.31. The Kier molecular flexibility index (Phi) is 5.26. The Morgan fingerprint density at radius 3 is 2.68 bits per heavy atom. The van der Waals surface area contributed by atoms with Gasteiger partial charge in [-0.25, -0.2) is 9.37 Å². The summed E-state index contributed by atoms with van der Waals surface area (Å²) in [4.78, 5) is 22.2. The number of aryl methyl sites for hydroxylation is 1. The van der Waals surface area contributed by atoms with Crippen LogP contribution in [0, 0.1) is 12.7 Å². The second-order valence-electron chi connectivity index (χ2n) is 9.03. The molecule has 0 N–H and O–H groups in total. The molecule has 2 aromatic heterocycles. The monoisotopic (exact) mass is 420 g/mol. The molecule has 162 valence electrons. The molecule has 2 fully saturated rings. The number of hydrogen-bond donors (Lipinski definition) is 0. The number of halogens is 1. The number of amides is 1. The number of fused-ring (bicyclic) bond motifs is 1. The minimum absolute atomic E-state index is 0.0752. The largest absolute Gasteiger partial charge is 0.333 e. The van der Waals surface area contributed by atoms with Gasteiger partial charge in [0.2, 0.25) is 5.91 Å². The second-order valence-corrected chi connectivity index (χ2v) is 9.03. The summed E-state index contributed by atoms with van der Waals surface area (Å²) in [5, 5.41) is 0. The minimum Gasteiger partial charge on any atom is -0.333 e. The zero-order valence-corrected chi connectivity index (χ0v) is 18.1. The van der Waals surface area contributed by atoms with Gasteiger partial charge in [-0.3, -0.25) is 9.69 Å². The molecule has 2 aliphatic heterocycles. The van der Waals surface area contributed by atoms with Gasteiger partial charge in [0.25, 0.3) is 0 Å². The average molecular weight is 421 g/mol. The third-order valence-corrected chi connectivity index (χ3v) is 7.18. The summed E-state index contributed by atoms with van der Waals surface area (Å²) in [6.07, 6.45) is 6.68. The fourth-order valence-corrected chi connectivity index (χ4v) is 5.34. The van der Waals surface area contributed by atoms with E-state index < -0.39 is 0 Å². The van der Waals surface area contributed by atoms with Crippen molar-refractivity contribution >= 4 is 11.6 Å². The van der Waals surface area contributed by atoms with Crippen molar-refractivity contribution in [1.29, 1.82) is 0 Å². The maximum Gasteiger partial charge on any atom is 0.223 e. The fourth-order valence-electron chi connectivity index (χ4n) is 5.34. The maximum absolute atomic E-state index is 13.3. The number of benzene rings is 1. The number of pyridine rings is 1. The van der Waals surface area contributed by atoms with Crippen LogP contribution < -0.4 is 0 Å². The van der Waals surface area contributed by atoms with Gasteiger partial charge < -0.3 is 9.30 Å². The Morgan fingerprint density at radius 2 is 1.87 bits per heavy atom. The number of hydrogen-bond acceptors (Lipinski definition) is 3. The highest BCUT2D eigenvalue weighted by molar-refractivity contribution is 5.79. The normalized spacial score (nSPS) is 22.5. The van der Waals surface area contributed by atoms with E-state index in [0.717, 1.165) is 62.2 Å². The molecule has 0 radical (unpaired) electrons. The summed E-state index contributed by atoms with van der Waals surface area (Å²) in [7, 11) is 0. The predicted molar refractivity (Wildman–Crippen MR) is 118 cm³/mol. The van der Waals surface area contributed by atoms with Crippen molar-refractivity contribution in [3.8, 4) is 0 Å². The van der Waals surface area contributed by atoms with Crippen molar-refractivity contribution in [2.75, 3.05) is 13.1 Å². The van der Waals surface area contributed by atoms with Crippen molar-refractivity contribution < 1.29 is 9.18 Å². The highest BCUT2D eigenvalue weighted by Gasteiger charge is 2.45. The quantitative estimate of drug-likeness (QED) is 0.631. The number of likely N-dealkylation sites (tertiary alicyclic amines) is 2. The summed E-state index contributed by atoms with van der Waals surface area (Å²) in [6, 6.07) is 12.7. The van der Waals surface area contributed by atoms with E-state index in [2.05, 4.69) is 27.3 Å². The van der Waals surface area contributed by atoms with E-state index in [9.17, 15) is 9.18 Å². The second kappa shape index (κ2) is 8.08. The molecule has 2 saturated heterocycles. The highest BCUT2D eigenvalue weighted by atomic mass is 19.1. The van der Waals surface area contributed by atoms with E-state index in [1.807, 2.05) is 18.2 Å². The van der Waals surface area contributed by atoms with E-state index in [1.54, 1.807) is 12.1 Å². The fraction of sp³-hybridized carbons (Fsp3) is 0.440. The average Bonchev–Trinajstić information content (AvgIpc) is 3.15. The molecule has 5 nitrogen and oxygen atoms in total. The zero-order chi connectivity index (χ0) is 21.4. The maximum atomic E-state index is 13.3. The number of aromatic nitrogens is 2. The van der Waals surface area contributed by atoms with Crippen molar-refractivity contribution in [3.05, 3.63) is 71.4 Å². The van der Waals surface area contributed by atoms with Crippen LogP contribution in [0.4, 0.5) is 4.39 Å². The molecular formula is C25H29FN4O. The Labute approximate surface area is 182 Å². The van der Waals surface area contributed by atoms with Gasteiger partial charge >= 0.3 is 0 Å². The molecule has 0 aliphatic carbocycles. The van der Waals surface area contributed by atoms with E-state index in [4.69, 9.17) is 4.98 Å². The molecule has 0 saturated carbocycles. The van der Waals surface area contributed by atoms with Crippen LogP contribution in [0.2, 0.25) is 0 Å². The molecular weight excluding hydrogens is 391 g/mol. The molecule has 1 atom stereocenters. The Morgan fingerprint density at radius 1 is 1.03 bits per heavy atom. The van der Waals surface area contributed by atoms with Crippen LogP contribution in [0.3, 0.4) is 0 Å². The van der Waals surface area contributed by atoms with Gasteiger partial charge in [-0.15, -0.1) is 0 Å². The van der Waals surface area contributed by atoms with Crippen molar-refractivity contribution in [3.63, 3.8) is 0 Å². The topological polar surface area (TPSA) is 40.9 Å². The van der Waals surface area contributed by atoms with Gasteiger partial charge in [0, 0.05) is 43.5 Å². The van der Waals surface area contributed by atoms with Crippen LogP contribution in [0.1, 0.15) is 49.1 Å². The van der Waals surface area contributed by atoms with Crippen LogP contribution in [0.5, 0.6) is 0 Å². The lowest BCUT2D eigenvalue weighted by atomic mass is 9.87. The first-order valence-electron chi connectivity index (χ1n) is 11.2. The van der Waals surface area contributed by atoms with Gasteiger partial charge in [0.15, 0.2) is 0 Å². The standard InChI is InChI=1S/C25H29FN4O/c1-19-22(27-23-5-2-3-15-29(19)23)18-28-14-4-11-25(13-16-28)12-10-24(31)30(25)17-20-6-8-21(26)9-7-20/h2-3,5-9,15H,4,10-14,16-18H2,1H3/t25-/m1/s1. The van der Waals surface area contributed by atoms with Crippen molar-refractivity contribution in [2.24, 2.45) is 0 Å². The molecule has 4 heterocycles. The Bertz CT molecular complexity index is 1090. The third-order valence-electron chi connectivity index (χ3n) is 7.18. The summed E-state index contributed by atoms with van der Waals surface area (Å²) in [5.74, 6) is -0.00692. The summed E-state index contributed by atoms with van der Waals surface area (Å²) >= 11 is 0. The number of carbonyl (C=O) groups excluding carboxylic acids is 1. The molecule has 0 bridgehead atoms. The van der Waals surface area contributed by atoms with E-state index in [-0.39, 0.29) is 17.3 Å². The molecule has 6 heteroatoms. The molecule has 2 aliphatic rings. The molecule has 31 heavy (non-hydrogen) atoms. The van der Waals surface area contributed by atoms with Crippen molar-refractivity contribution in [1.82, 2.24) is 19.2 Å². The van der Waals surface area contributed by atoms with Crippen LogP contribution in [-0.2, 0) is 17.9 Å².